The van der Waals surface area contributed by atoms with Crippen molar-refractivity contribution >= 4 is 16.7 Å². The Balaban J connectivity index is 1.88. The van der Waals surface area contributed by atoms with Crippen molar-refractivity contribution < 1.29 is 14.6 Å². The van der Waals surface area contributed by atoms with Crippen LogP contribution in [0.15, 0.2) is 24.3 Å². The molecule has 1 aromatic heterocycles. The van der Waals surface area contributed by atoms with Gasteiger partial charge in [0, 0.05) is 24.0 Å². The van der Waals surface area contributed by atoms with Crippen LogP contribution in [0.1, 0.15) is 54.2 Å². The normalized spacial score (nSPS) is 19.8. The summed E-state index contributed by atoms with van der Waals surface area (Å²) >= 11 is 0. The average Bonchev–Trinajstić information content (AvgIpc) is 2.70. The number of pyridine rings is 1. The smallest absolute Gasteiger partial charge is 0.165 e. The van der Waals surface area contributed by atoms with Gasteiger partial charge in [0.2, 0.25) is 0 Å². The van der Waals surface area contributed by atoms with Crippen molar-refractivity contribution in [3.05, 3.63) is 41.1 Å². The summed E-state index contributed by atoms with van der Waals surface area (Å²) in [6.45, 7) is 1.87. The first kappa shape index (κ1) is 18.6. The summed E-state index contributed by atoms with van der Waals surface area (Å²) in [6.07, 6.45) is 4.79. The molecule has 3 rings (SSSR count). The SMILES string of the molecule is CCc1cc2cc(C(=O)C3CCC(OC)CC3)ccc2nc1C#CCO. The van der Waals surface area contributed by atoms with Gasteiger partial charge in [-0.05, 0) is 67.9 Å². The Kier molecular flexibility index (Phi) is 6.03. The van der Waals surface area contributed by atoms with Crippen LogP contribution < -0.4 is 0 Å². The molecule has 26 heavy (non-hydrogen) atoms. The Morgan fingerprint density at radius 2 is 2.04 bits per heavy atom. The second kappa shape index (κ2) is 8.44. The molecule has 0 aliphatic heterocycles. The van der Waals surface area contributed by atoms with Crippen molar-refractivity contribution in [2.24, 2.45) is 5.92 Å². The maximum Gasteiger partial charge on any atom is 0.165 e. The quantitative estimate of drug-likeness (QED) is 0.676. The van der Waals surface area contributed by atoms with Crippen LogP contribution in [-0.4, -0.2) is 35.7 Å². The summed E-state index contributed by atoms with van der Waals surface area (Å²) in [5, 5.41) is 9.88. The zero-order valence-electron chi connectivity index (χ0n) is 15.4. The van der Waals surface area contributed by atoms with E-state index in [1.807, 2.05) is 18.2 Å². The van der Waals surface area contributed by atoms with Crippen molar-refractivity contribution in [3.63, 3.8) is 0 Å². The van der Waals surface area contributed by atoms with E-state index >= 15 is 0 Å². The molecule has 0 atom stereocenters. The lowest BCUT2D eigenvalue weighted by Gasteiger charge is -2.26. The van der Waals surface area contributed by atoms with Crippen LogP contribution in [0.5, 0.6) is 0 Å². The predicted octanol–water partition coefficient (Wildman–Crippen LogP) is 3.53. The van der Waals surface area contributed by atoms with Gasteiger partial charge in [-0.1, -0.05) is 12.8 Å². The minimum Gasteiger partial charge on any atom is -0.384 e. The van der Waals surface area contributed by atoms with Gasteiger partial charge in [0.05, 0.1) is 11.6 Å². The van der Waals surface area contributed by atoms with E-state index in [9.17, 15) is 4.79 Å². The minimum atomic E-state index is -0.179. The van der Waals surface area contributed by atoms with E-state index in [1.165, 1.54) is 0 Å². The molecule has 1 fully saturated rings. The van der Waals surface area contributed by atoms with Gasteiger partial charge in [0.15, 0.2) is 5.78 Å². The number of carbonyl (C=O) groups excluding carboxylic acids is 1. The maximum atomic E-state index is 12.9. The Hall–Kier alpha value is -2.22. The van der Waals surface area contributed by atoms with Gasteiger partial charge >= 0.3 is 0 Å². The first-order valence-corrected chi connectivity index (χ1v) is 9.26. The number of methoxy groups -OCH3 is 1. The van der Waals surface area contributed by atoms with Crippen LogP contribution in [-0.2, 0) is 11.2 Å². The number of aliphatic hydroxyl groups is 1. The highest BCUT2D eigenvalue weighted by atomic mass is 16.5. The van der Waals surface area contributed by atoms with Gasteiger partial charge < -0.3 is 9.84 Å². The Morgan fingerprint density at radius 1 is 1.27 bits per heavy atom. The van der Waals surface area contributed by atoms with E-state index in [1.54, 1.807) is 7.11 Å². The van der Waals surface area contributed by atoms with Gasteiger partial charge in [0.25, 0.3) is 0 Å². The van der Waals surface area contributed by atoms with Crippen molar-refractivity contribution in [2.45, 2.75) is 45.1 Å². The third-order valence-electron chi connectivity index (χ3n) is 5.22. The van der Waals surface area contributed by atoms with E-state index in [-0.39, 0.29) is 18.3 Å². The summed E-state index contributed by atoms with van der Waals surface area (Å²) in [5.41, 5.74) is 3.31. The van der Waals surface area contributed by atoms with Crippen LogP contribution in [0.3, 0.4) is 0 Å². The van der Waals surface area contributed by atoms with Crippen molar-refractivity contribution in [3.8, 4) is 11.8 Å². The molecule has 1 aliphatic carbocycles. The molecular weight excluding hydrogens is 326 g/mol. The highest BCUT2D eigenvalue weighted by Gasteiger charge is 2.27. The average molecular weight is 351 g/mol. The number of hydrogen-bond acceptors (Lipinski definition) is 4. The first-order valence-electron chi connectivity index (χ1n) is 9.26. The number of nitrogens with zero attached hydrogens (tertiary/aromatic N) is 1. The maximum absolute atomic E-state index is 12.9. The molecule has 0 spiro atoms. The van der Waals surface area contributed by atoms with Crippen LogP contribution in [0.2, 0.25) is 0 Å². The van der Waals surface area contributed by atoms with E-state index in [0.717, 1.165) is 54.1 Å². The number of fused-ring (bicyclic) bond motifs is 1. The zero-order valence-corrected chi connectivity index (χ0v) is 15.4. The fourth-order valence-corrected chi connectivity index (χ4v) is 3.67. The second-order valence-electron chi connectivity index (χ2n) is 6.79. The number of aromatic nitrogens is 1. The molecule has 2 aromatic rings. The lowest BCUT2D eigenvalue weighted by molar-refractivity contribution is 0.0519. The second-order valence-corrected chi connectivity index (χ2v) is 6.79. The molecule has 1 aliphatic rings. The highest BCUT2D eigenvalue weighted by Crippen LogP contribution is 2.29. The van der Waals surface area contributed by atoms with Gasteiger partial charge in [0.1, 0.15) is 12.3 Å². The topological polar surface area (TPSA) is 59.4 Å². The zero-order chi connectivity index (χ0) is 18.5. The molecule has 4 heteroatoms. The number of Topliss-reactive ketones (excluding diaryl/α,β-unsaturated/α-hetero) is 1. The highest BCUT2D eigenvalue weighted by molar-refractivity contribution is 6.01. The molecule has 1 saturated carbocycles. The fraction of sp³-hybridized carbons (Fsp3) is 0.455. The number of ether oxygens (including phenoxy) is 1. The van der Waals surface area contributed by atoms with E-state index in [2.05, 4.69) is 29.8 Å². The summed E-state index contributed by atoms with van der Waals surface area (Å²) in [7, 11) is 1.74. The molecule has 0 radical (unpaired) electrons. The number of ketones is 1. The number of benzene rings is 1. The fourth-order valence-electron chi connectivity index (χ4n) is 3.67. The number of carbonyl (C=O) groups is 1. The molecule has 136 valence electrons. The monoisotopic (exact) mass is 351 g/mol. The van der Waals surface area contributed by atoms with E-state index in [4.69, 9.17) is 9.84 Å². The summed E-state index contributed by atoms with van der Waals surface area (Å²) in [6, 6.07) is 7.78. The molecule has 0 unspecified atom stereocenters. The van der Waals surface area contributed by atoms with Crippen LogP contribution >= 0.6 is 0 Å². The third kappa shape index (κ3) is 3.95. The molecule has 0 amide bonds. The number of hydrogen-bond donors (Lipinski definition) is 1. The molecule has 4 nitrogen and oxygen atoms in total. The minimum absolute atomic E-state index is 0.0900. The lowest BCUT2D eigenvalue weighted by Crippen LogP contribution is -2.25. The Morgan fingerprint density at radius 3 is 2.69 bits per heavy atom. The molecule has 1 aromatic carbocycles. The van der Waals surface area contributed by atoms with Gasteiger partial charge in [-0.3, -0.25) is 4.79 Å². The van der Waals surface area contributed by atoms with Crippen LogP contribution in [0.25, 0.3) is 10.9 Å². The number of aliphatic hydroxyl groups excluding tert-OH is 1. The van der Waals surface area contributed by atoms with Gasteiger partial charge in [-0.15, -0.1) is 0 Å². The van der Waals surface area contributed by atoms with Crippen LogP contribution in [0, 0.1) is 17.8 Å². The third-order valence-corrected chi connectivity index (χ3v) is 5.22. The molecule has 0 saturated heterocycles. The molecule has 1 N–H and O–H groups in total. The van der Waals surface area contributed by atoms with Crippen molar-refractivity contribution in [1.82, 2.24) is 4.98 Å². The van der Waals surface area contributed by atoms with Crippen LogP contribution in [0.4, 0.5) is 0 Å². The number of rotatable bonds is 4. The largest absolute Gasteiger partial charge is 0.384 e. The summed E-state index contributed by atoms with van der Waals surface area (Å²) in [4.78, 5) is 17.5. The van der Waals surface area contributed by atoms with E-state index < -0.39 is 0 Å². The molecule has 0 bridgehead atoms. The Labute approximate surface area is 154 Å². The summed E-state index contributed by atoms with van der Waals surface area (Å²) < 4.78 is 5.40. The van der Waals surface area contributed by atoms with E-state index in [0.29, 0.717) is 11.8 Å². The number of aryl methyl sites for hydroxylation is 1. The van der Waals surface area contributed by atoms with Gasteiger partial charge in [-0.25, -0.2) is 4.98 Å². The molecular formula is C22H25NO3. The predicted molar refractivity (Wildman–Crippen MR) is 102 cm³/mol. The summed E-state index contributed by atoms with van der Waals surface area (Å²) in [5.74, 6) is 5.89. The lowest BCUT2D eigenvalue weighted by atomic mass is 9.82. The van der Waals surface area contributed by atoms with Crippen molar-refractivity contribution in [2.75, 3.05) is 13.7 Å². The standard InChI is InChI=1S/C22H25NO3/c1-3-15-13-18-14-17(8-11-21(18)23-20(15)5-4-12-24)22(25)16-6-9-19(26-2)10-7-16/h8,11,13-14,16,19,24H,3,6-7,9-10,12H2,1-2H3. The molecule has 1 heterocycles. The Bertz CT molecular complexity index is 855. The van der Waals surface area contributed by atoms with Crippen molar-refractivity contribution in [1.29, 1.82) is 0 Å². The van der Waals surface area contributed by atoms with Gasteiger partial charge in [-0.2, -0.15) is 0 Å². The first-order chi connectivity index (χ1) is 12.7.